The Morgan fingerprint density at radius 1 is 1.21 bits per heavy atom. The summed E-state index contributed by atoms with van der Waals surface area (Å²) in [5.41, 5.74) is 1.40. The summed E-state index contributed by atoms with van der Waals surface area (Å²) in [7, 11) is 8.80. The highest BCUT2D eigenvalue weighted by molar-refractivity contribution is 5.92. The fourth-order valence-electron chi connectivity index (χ4n) is 3.60. The number of anilines is 3. The Morgan fingerprint density at radius 3 is 2.61 bits per heavy atom. The number of hydrogen-bond donors (Lipinski definition) is 3. The molecule has 2 amide bonds. The van der Waals surface area contributed by atoms with Gasteiger partial charge in [0.2, 0.25) is 23.6 Å². The van der Waals surface area contributed by atoms with Crippen LogP contribution in [0, 0.1) is 17.8 Å². The molecule has 202 valence electrons. The lowest BCUT2D eigenvalue weighted by molar-refractivity contribution is -0.135. The van der Waals surface area contributed by atoms with Gasteiger partial charge >= 0.3 is 0 Å². The number of ether oxygens (including phenoxy) is 1. The molecular formula is C27H36N8O3. The average Bonchev–Trinajstić information content (AvgIpc) is 2.89. The summed E-state index contributed by atoms with van der Waals surface area (Å²) in [6, 6.07) is 3.06. The third-order valence-electron chi connectivity index (χ3n) is 6.16. The van der Waals surface area contributed by atoms with E-state index in [0.717, 1.165) is 18.5 Å². The second kappa shape index (κ2) is 13.4. The first-order chi connectivity index (χ1) is 18.2. The number of carbonyl (C=O) groups excluding carboxylic acids is 2. The fraction of sp³-hybridized carbons (Fsp3) is 0.444. The maximum atomic E-state index is 12.7. The van der Waals surface area contributed by atoms with Crippen LogP contribution in [0.1, 0.15) is 25.3 Å². The zero-order valence-electron chi connectivity index (χ0n) is 22.8. The van der Waals surface area contributed by atoms with Crippen molar-refractivity contribution in [3.05, 3.63) is 42.2 Å². The average molecular weight is 521 g/mol. The third-order valence-corrected chi connectivity index (χ3v) is 6.16. The highest BCUT2D eigenvalue weighted by Crippen LogP contribution is 2.27. The first-order valence-corrected chi connectivity index (χ1v) is 12.4. The molecule has 1 fully saturated rings. The predicted molar refractivity (Wildman–Crippen MR) is 147 cm³/mol. The smallest absolute Gasteiger partial charge is 0.246 e. The molecule has 1 aliphatic rings. The van der Waals surface area contributed by atoms with Gasteiger partial charge in [-0.15, -0.1) is 0 Å². The Balaban J connectivity index is 1.55. The number of methoxy groups -OCH3 is 1. The molecule has 0 radical (unpaired) electrons. The lowest BCUT2D eigenvalue weighted by Gasteiger charge is -2.34. The zero-order chi connectivity index (χ0) is 27.7. The number of carbonyl (C=O) groups is 2. The van der Waals surface area contributed by atoms with Crippen LogP contribution in [0.2, 0.25) is 0 Å². The van der Waals surface area contributed by atoms with E-state index >= 15 is 0 Å². The van der Waals surface area contributed by atoms with Gasteiger partial charge in [0.25, 0.3) is 0 Å². The van der Waals surface area contributed by atoms with E-state index in [1.54, 1.807) is 52.7 Å². The largest absolute Gasteiger partial charge is 0.481 e. The summed E-state index contributed by atoms with van der Waals surface area (Å²) in [6.45, 7) is 2.39. The van der Waals surface area contributed by atoms with Crippen LogP contribution in [-0.4, -0.2) is 90.5 Å². The van der Waals surface area contributed by atoms with E-state index in [9.17, 15) is 9.59 Å². The first-order valence-electron chi connectivity index (χ1n) is 12.4. The van der Waals surface area contributed by atoms with E-state index in [1.807, 2.05) is 25.1 Å². The van der Waals surface area contributed by atoms with Crippen LogP contribution in [0.3, 0.4) is 0 Å². The van der Waals surface area contributed by atoms with Crippen LogP contribution in [0.15, 0.2) is 36.7 Å². The van der Waals surface area contributed by atoms with Crippen LogP contribution in [0.4, 0.5) is 17.5 Å². The van der Waals surface area contributed by atoms with Crippen molar-refractivity contribution < 1.29 is 14.3 Å². The molecule has 0 bridgehead atoms. The molecule has 0 aromatic carbocycles. The summed E-state index contributed by atoms with van der Waals surface area (Å²) < 4.78 is 5.11. The molecule has 3 rings (SSSR count). The minimum Gasteiger partial charge on any atom is -0.481 e. The molecule has 38 heavy (non-hydrogen) atoms. The number of hydrogen-bond acceptors (Lipinski definition) is 9. The zero-order valence-corrected chi connectivity index (χ0v) is 22.8. The minimum absolute atomic E-state index is 0.0305. The van der Waals surface area contributed by atoms with Gasteiger partial charge in [-0.05, 0) is 39.9 Å². The Hall–Kier alpha value is -4.17. The molecule has 0 saturated heterocycles. The molecule has 2 aromatic rings. The maximum absolute atomic E-state index is 12.7. The maximum Gasteiger partial charge on any atom is 0.246 e. The quantitative estimate of drug-likeness (QED) is 0.318. The van der Waals surface area contributed by atoms with E-state index < -0.39 is 6.04 Å². The minimum atomic E-state index is -0.569. The number of pyridine rings is 1. The van der Waals surface area contributed by atoms with Gasteiger partial charge in [0.15, 0.2) is 5.82 Å². The first kappa shape index (κ1) is 28.4. The standard InChI is InChI=1S/C27H36N8O3/c1-18(35(5)24(36)8-7-13-34(3)4)26(37)32-22-14-19(15-22)9-10-20-16-30-27(28-2)33-25(20)31-21-11-12-23(38-6)29-17-21/h7-8,11-12,16-19,22H,13-15H2,1-6H3,(H,32,37)(H2,28,30,31,33)/b8-7+/t18-,19-,22+/m0/s1. The molecular weight excluding hydrogens is 484 g/mol. The van der Waals surface area contributed by atoms with E-state index in [4.69, 9.17) is 4.74 Å². The van der Waals surface area contributed by atoms with Gasteiger partial charge in [-0.1, -0.05) is 17.9 Å². The van der Waals surface area contributed by atoms with Gasteiger partial charge in [0.1, 0.15) is 6.04 Å². The molecule has 2 heterocycles. The predicted octanol–water partition coefficient (Wildman–Crippen LogP) is 1.88. The lowest BCUT2D eigenvalue weighted by Crippen LogP contribution is -2.51. The summed E-state index contributed by atoms with van der Waals surface area (Å²) in [5, 5.41) is 9.19. The lowest BCUT2D eigenvalue weighted by atomic mass is 9.80. The molecule has 11 heteroatoms. The van der Waals surface area contributed by atoms with Gasteiger partial charge < -0.3 is 30.5 Å². The second-order valence-electron chi connectivity index (χ2n) is 9.35. The van der Waals surface area contributed by atoms with E-state index in [-0.39, 0.29) is 23.8 Å². The van der Waals surface area contributed by atoms with Crippen LogP contribution >= 0.6 is 0 Å². The number of amides is 2. The third kappa shape index (κ3) is 7.91. The van der Waals surface area contributed by atoms with Crippen LogP contribution in [0.25, 0.3) is 0 Å². The molecule has 1 saturated carbocycles. The van der Waals surface area contributed by atoms with E-state index in [1.165, 1.54) is 11.0 Å². The Kier molecular flexibility index (Phi) is 10.0. The molecule has 0 spiro atoms. The monoisotopic (exact) mass is 520 g/mol. The van der Waals surface area contributed by atoms with Crippen molar-refractivity contribution in [3.8, 4) is 17.7 Å². The molecule has 1 atom stereocenters. The van der Waals surface area contributed by atoms with Crippen molar-refractivity contribution in [3.63, 3.8) is 0 Å². The molecule has 2 aromatic heterocycles. The molecule has 3 N–H and O–H groups in total. The van der Waals surface area contributed by atoms with Gasteiger partial charge in [-0.25, -0.2) is 9.97 Å². The van der Waals surface area contributed by atoms with Gasteiger partial charge in [-0.2, -0.15) is 4.98 Å². The molecule has 1 aliphatic carbocycles. The summed E-state index contributed by atoms with van der Waals surface area (Å²) in [5.74, 6) is 7.77. The van der Waals surface area contributed by atoms with Crippen molar-refractivity contribution >= 4 is 29.3 Å². The topological polar surface area (TPSA) is 125 Å². The van der Waals surface area contributed by atoms with Crippen LogP contribution in [-0.2, 0) is 9.59 Å². The Labute approximate surface area is 224 Å². The second-order valence-corrected chi connectivity index (χ2v) is 9.35. The van der Waals surface area contributed by atoms with E-state index in [0.29, 0.717) is 29.8 Å². The summed E-state index contributed by atoms with van der Waals surface area (Å²) >= 11 is 0. The molecule has 0 unspecified atom stereocenters. The number of rotatable bonds is 10. The number of likely N-dealkylation sites (N-methyl/N-ethyl adjacent to an activating group) is 2. The highest BCUT2D eigenvalue weighted by atomic mass is 16.5. The van der Waals surface area contributed by atoms with Crippen molar-refractivity contribution in [2.45, 2.75) is 31.8 Å². The van der Waals surface area contributed by atoms with Gasteiger partial charge in [0, 0.05) is 44.7 Å². The van der Waals surface area contributed by atoms with Crippen molar-refractivity contribution in [1.29, 1.82) is 0 Å². The number of nitrogens with zero attached hydrogens (tertiary/aromatic N) is 5. The molecule has 11 nitrogen and oxygen atoms in total. The van der Waals surface area contributed by atoms with Crippen LogP contribution < -0.4 is 20.7 Å². The normalized spacial score (nSPS) is 17.1. The Morgan fingerprint density at radius 2 is 1.97 bits per heavy atom. The van der Waals surface area contributed by atoms with Gasteiger partial charge in [0.05, 0.1) is 30.8 Å². The fourth-order valence-corrected chi connectivity index (χ4v) is 3.60. The molecule has 0 aliphatic heterocycles. The number of aromatic nitrogens is 3. The number of nitrogens with one attached hydrogen (secondary N) is 3. The van der Waals surface area contributed by atoms with Crippen molar-refractivity contribution in [2.24, 2.45) is 5.92 Å². The van der Waals surface area contributed by atoms with Gasteiger partial charge in [-0.3, -0.25) is 9.59 Å². The summed E-state index contributed by atoms with van der Waals surface area (Å²) in [6.07, 6.45) is 8.09. The highest BCUT2D eigenvalue weighted by Gasteiger charge is 2.31. The summed E-state index contributed by atoms with van der Waals surface area (Å²) in [4.78, 5) is 41.4. The Bertz CT molecular complexity index is 1200. The van der Waals surface area contributed by atoms with Crippen LogP contribution in [0.5, 0.6) is 5.88 Å². The van der Waals surface area contributed by atoms with Crippen molar-refractivity contribution in [1.82, 2.24) is 30.1 Å². The van der Waals surface area contributed by atoms with Crippen molar-refractivity contribution in [2.75, 3.05) is 52.5 Å². The SMILES string of the molecule is CNc1ncc(C#C[C@H]2C[C@@H](NC(=O)[C@H](C)N(C)C(=O)/C=C/CN(C)C)C2)c(Nc2ccc(OC)nc2)n1. The van der Waals surface area contributed by atoms with E-state index in [2.05, 4.69) is 42.7 Å².